The van der Waals surface area contributed by atoms with Crippen LogP contribution in [0.3, 0.4) is 0 Å². The molecule has 1 aliphatic heterocycles. The SMILES string of the molecule is O=C(NCc1cc2cc(OC(F)(F)F)c(CCc3ccon3)cc2[nH]1)N1CCC1. The van der Waals surface area contributed by atoms with Crippen LogP contribution < -0.4 is 10.1 Å². The van der Waals surface area contributed by atoms with Crippen LogP contribution in [0.4, 0.5) is 18.0 Å². The maximum atomic E-state index is 12.9. The van der Waals surface area contributed by atoms with Gasteiger partial charge in [0.25, 0.3) is 0 Å². The summed E-state index contributed by atoms with van der Waals surface area (Å²) in [7, 11) is 0. The van der Waals surface area contributed by atoms with Crippen LogP contribution >= 0.6 is 0 Å². The van der Waals surface area contributed by atoms with Crippen molar-refractivity contribution >= 4 is 16.9 Å². The van der Waals surface area contributed by atoms with Gasteiger partial charge in [-0.3, -0.25) is 0 Å². The van der Waals surface area contributed by atoms with Crippen LogP contribution in [0.15, 0.2) is 35.1 Å². The number of nitrogens with zero attached hydrogens (tertiary/aromatic N) is 2. The number of hydrogen-bond acceptors (Lipinski definition) is 4. The molecule has 0 aliphatic carbocycles. The lowest BCUT2D eigenvalue weighted by Crippen LogP contribution is -2.47. The first-order chi connectivity index (χ1) is 13.9. The van der Waals surface area contributed by atoms with Crippen molar-refractivity contribution in [1.29, 1.82) is 0 Å². The van der Waals surface area contributed by atoms with E-state index in [1.54, 1.807) is 23.1 Å². The fraction of sp³-hybridized carbons (Fsp3) is 0.368. The summed E-state index contributed by atoms with van der Waals surface area (Å²) >= 11 is 0. The van der Waals surface area contributed by atoms with Gasteiger partial charge in [-0.25, -0.2) is 4.79 Å². The monoisotopic (exact) mass is 408 g/mol. The number of nitrogens with one attached hydrogen (secondary N) is 2. The van der Waals surface area contributed by atoms with Gasteiger partial charge in [0.05, 0.1) is 12.2 Å². The summed E-state index contributed by atoms with van der Waals surface area (Å²) < 4.78 is 47.6. The highest BCUT2D eigenvalue weighted by Gasteiger charge is 2.32. The third kappa shape index (κ3) is 4.64. The van der Waals surface area contributed by atoms with E-state index in [0.717, 1.165) is 19.5 Å². The second kappa shape index (κ2) is 7.69. The highest BCUT2D eigenvalue weighted by atomic mass is 19.4. The molecule has 7 nitrogen and oxygen atoms in total. The number of rotatable bonds is 6. The van der Waals surface area contributed by atoms with Crippen molar-refractivity contribution in [2.45, 2.75) is 32.2 Å². The van der Waals surface area contributed by atoms with Crippen LogP contribution in [0.1, 0.15) is 23.4 Å². The predicted octanol–water partition coefficient (Wildman–Crippen LogP) is 3.76. The topological polar surface area (TPSA) is 83.4 Å². The molecule has 1 fully saturated rings. The number of carbonyl (C=O) groups is 1. The largest absolute Gasteiger partial charge is 0.573 e. The smallest absolute Gasteiger partial charge is 0.405 e. The Morgan fingerprint density at radius 2 is 2.10 bits per heavy atom. The van der Waals surface area contributed by atoms with Gasteiger partial charge in [-0.15, -0.1) is 13.2 Å². The van der Waals surface area contributed by atoms with E-state index in [9.17, 15) is 18.0 Å². The summed E-state index contributed by atoms with van der Waals surface area (Å²) in [5.41, 5.74) is 2.41. The molecule has 0 atom stereocenters. The van der Waals surface area contributed by atoms with Gasteiger partial charge in [-0.2, -0.15) is 0 Å². The van der Waals surface area contributed by atoms with Crippen molar-refractivity contribution in [2.24, 2.45) is 0 Å². The third-order valence-corrected chi connectivity index (χ3v) is 4.80. The zero-order valence-corrected chi connectivity index (χ0v) is 15.4. The van der Waals surface area contributed by atoms with Crippen molar-refractivity contribution in [1.82, 2.24) is 20.4 Å². The Morgan fingerprint density at radius 3 is 2.76 bits per heavy atom. The van der Waals surface area contributed by atoms with Crippen molar-refractivity contribution in [3.8, 4) is 5.75 Å². The van der Waals surface area contributed by atoms with Crippen molar-refractivity contribution in [3.05, 3.63) is 47.5 Å². The van der Waals surface area contributed by atoms with E-state index in [1.165, 1.54) is 12.3 Å². The lowest BCUT2D eigenvalue weighted by molar-refractivity contribution is -0.274. The first kappa shape index (κ1) is 19.2. The Kier molecular flexibility index (Phi) is 5.08. The summed E-state index contributed by atoms with van der Waals surface area (Å²) in [6, 6.07) is 6.21. The number of amides is 2. The molecule has 154 valence electrons. The number of aromatic amines is 1. The van der Waals surface area contributed by atoms with Crippen molar-refractivity contribution in [3.63, 3.8) is 0 Å². The number of H-pyrrole nitrogens is 1. The van der Waals surface area contributed by atoms with Crippen LogP contribution in [0.25, 0.3) is 10.9 Å². The Labute approximate surface area is 163 Å². The maximum Gasteiger partial charge on any atom is 0.573 e. The molecule has 2 amide bonds. The number of aryl methyl sites for hydroxylation is 2. The molecular weight excluding hydrogens is 389 g/mol. The number of ether oxygens (including phenoxy) is 1. The molecule has 1 aliphatic rings. The number of alkyl halides is 3. The third-order valence-electron chi connectivity index (χ3n) is 4.80. The molecule has 1 saturated heterocycles. The van der Waals surface area contributed by atoms with Crippen LogP contribution in [-0.4, -0.2) is 40.5 Å². The Hall–Kier alpha value is -3.17. The van der Waals surface area contributed by atoms with E-state index in [-0.39, 0.29) is 18.3 Å². The number of fused-ring (bicyclic) bond motifs is 1. The van der Waals surface area contributed by atoms with Gasteiger partial charge >= 0.3 is 12.4 Å². The molecule has 10 heteroatoms. The van der Waals surface area contributed by atoms with Gasteiger partial charge in [0, 0.05) is 35.8 Å². The summed E-state index contributed by atoms with van der Waals surface area (Å²) in [4.78, 5) is 16.8. The maximum absolute atomic E-state index is 12.9. The van der Waals surface area contributed by atoms with E-state index in [4.69, 9.17) is 4.52 Å². The number of aromatic nitrogens is 2. The zero-order valence-electron chi connectivity index (χ0n) is 15.4. The van der Waals surface area contributed by atoms with E-state index in [1.807, 2.05) is 0 Å². The second-order valence-electron chi connectivity index (χ2n) is 6.88. The van der Waals surface area contributed by atoms with Crippen molar-refractivity contribution < 1.29 is 27.2 Å². The van der Waals surface area contributed by atoms with E-state index in [2.05, 4.69) is 20.2 Å². The molecule has 2 N–H and O–H groups in total. The molecule has 0 unspecified atom stereocenters. The Morgan fingerprint density at radius 1 is 1.28 bits per heavy atom. The quantitative estimate of drug-likeness (QED) is 0.651. The molecule has 3 heterocycles. The summed E-state index contributed by atoms with van der Waals surface area (Å²) in [6.07, 6.45) is -1.67. The van der Waals surface area contributed by atoms with Crippen LogP contribution in [0.2, 0.25) is 0 Å². The molecule has 0 radical (unpaired) electrons. The number of benzene rings is 1. The molecule has 4 rings (SSSR count). The zero-order chi connectivity index (χ0) is 20.4. The standard InChI is InChI=1S/C19H19F3N4O3/c20-19(21,22)29-17-10-13-8-15(11-23-18(27)26-5-1-6-26)24-16(13)9-12(17)2-3-14-4-7-28-25-14/h4,7-10,24H,1-3,5-6,11H2,(H,23,27). The first-order valence-electron chi connectivity index (χ1n) is 9.20. The summed E-state index contributed by atoms with van der Waals surface area (Å²) in [5.74, 6) is -0.247. The van der Waals surface area contributed by atoms with Gasteiger partial charge in [-0.05, 0) is 43.0 Å². The first-order valence-corrected chi connectivity index (χ1v) is 9.20. The lowest BCUT2D eigenvalue weighted by Gasteiger charge is -2.30. The van der Waals surface area contributed by atoms with Gasteiger partial charge in [-0.1, -0.05) is 5.16 Å². The number of likely N-dealkylation sites (tertiary alicyclic amines) is 1. The number of halogens is 3. The molecular formula is C19H19F3N4O3. The van der Waals surface area contributed by atoms with Crippen LogP contribution in [0, 0.1) is 0 Å². The van der Waals surface area contributed by atoms with E-state index in [0.29, 0.717) is 40.7 Å². The minimum absolute atomic E-state index is 0.149. The Bertz CT molecular complexity index is 994. The predicted molar refractivity (Wildman–Crippen MR) is 97.3 cm³/mol. The lowest BCUT2D eigenvalue weighted by atomic mass is 10.1. The molecule has 0 saturated carbocycles. The van der Waals surface area contributed by atoms with Crippen LogP contribution in [0.5, 0.6) is 5.75 Å². The minimum Gasteiger partial charge on any atom is -0.405 e. The normalized spacial score (nSPS) is 14.1. The number of hydrogen-bond donors (Lipinski definition) is 2. The average molecular weight is 408 g/mol. The van der Waals surface area contributed by atoms with Gasteiger partial charge < -0.3 is 24.5 Å². The molecule has 1 aromatic carbocycles. The number of urea groups is 1. The molecule has 0 bridgehead atoms. The Balaban J connectivity index is 1.54. The molecule has 2 aromatic heterocycles. The van der Waals surface area contributed by atoms with Gasteiger partial charge in [0.15, 0.2) is 0 Å². The fourth-order valence-corrected chi connectivity index (χ4v) is 3.21. The highest BCUT2D eigenvalue weighted by Crippen LogP contribution is 2.32. The minimum atomic E-state index is -4.79. The average Bonchev–Trinajstić information content (AvgIpc) is 3.24. The fourth-order valence-electron chi connectivity index (χ4n) is 3.21. The number of carbonyl (C=O) groups excluding carboxylic acids is 1. The van der Waals surface area contributed by atoms with E-state index < -0.39 is 6.36 Å². The van der Waals surface area contributed by atoms with Crippen LogP contribution in [-0.2, 0) is 19.4 Å². The highest BCUT2D eigenvalue weighted by molar-refractivity contribution is 5.83. The second-order valence-corrected chi connectivity index (χ2v) is 6.88. The van der Waals surface area contributed by atoms with E-state index >= 15 is 0 Å². The molecule has 3 aromatic rings. The van der Waals surface area contributed by atoms with Gasteiger partial charge in [0.1, 0.15) is 12.0 Å². The van der Waals surface area contributed by atoms with Gasteiger partial charge in [0.2, 0.25) is 0 Å². The van der Waals surface area contributed by atoms with Crippen molar-refractivity contribution in [2.75, 3.05) is 13.1 Å². The summed E-state index contributed by atoms with van der Waals surface area (Å²) in [5, 5.41) is 7.15. The molecule has 0 spiro atoms. The summed E-state index contributed by atoms with van der Waals surface area (Å²) in [6.45, 7) is 1.74. The molecule has 29 heavy (non-hydrogen) atoms.